The van der Waals surface area contributed by atoms with Gasteiger partial charge in [-0.05, 0) is 37.6 Å². The summed E-state index contributed by atoms with van der Waals surface area (Å²) in [5, 5.41) is 2.09. The molecule has 2 heterocycles. The molecule has 2 unspecified atom stereocenters. The van der Waals surface area contributed by atoms with Crippen molar-refractivity contribution < 1.29 is 4.42 Å². The second-order valence-electron chi connectivity index (χ2n) is 4.31. The van der Waals surface area contributed by atoms with Gasteiger partial charge in [-0.25, -0.2) is 0 Å². The maximum atomic E-state index is 6.09. The third kappa shape index (κ3) is 2.97. The first-order valence-electron chi connectivity index (χ1n) is 5.70. The molecule has 0 aliphatic carbocycles. The molecule has 0 radical (unpaired) electrons. The molecule has 0 spiro atoms. The highest BCUT2D eigenvalue weighted by Crippen LogP contribution is 2.27. The molecule has 0 bridgehead atoms. The highest BCUT2D eigenvalue weighted by Gasteiger charge is 2.22. The van der Waals surface area contributed by atoms with Gasteiger partial charge >= 0.3 is 0 Å². The number of thiophene rings is 1. The van der Waals surface area contributed by atoms with E-state index in [1.807, 2.05) is 19.1 Å². The number of likely N-dealkylation sites (N-methyl/N-ethyl adjacent to an activating group) is 1. The van der Waals surface area contributed by atoms with Crippen molar-refractivity contribution in [3.63, 3.8) is 0 Å². The first kappa shape index (κ1) is 12.4. The van der Waals surface area contributed by atoms with Crippen molar-refractivity contribution in [2.75, 3.05) is 7.05 Å². The Kier molecular flexibility index (Phi) is 3.99. The van der Waals surface area contributed by atoms with E-state index < -0.39 is 0 Å². The Morgan fingerprint density at radius 2 is 2.24 bits per heavy atom. The number of nitrogens with zero attached hydrogens (tertiary/aromatic N) is 1. The molecule has 2 atom stereocenters. The first-order valence-corrected chi connectivity index (χ1v) is 6.58. The molecule has 92 valence electrons. The minimum absolute atomic E-state index is 0.0913. The molecule has 17 heavy (non-hydrogen) atoms. The Balaban J connectivity index is 2.11. The Bertz CT molecular complexity index is 422. The molecule has 0 aromatic carbocycles. The van der Waals surface area contributed by atoms with Gasteiger partial charge in [-0.2, -0.15) is 0 Å². The molecule has 2 aromatic heterocycles. The average Bonchev–Trinajstić information content (AvgIpc) is 2.89. The van der Waals surface area contributed by atoms with Gasteiger partial charge in [0.15, 0.2) is 0 Å². The van der Waals surface area contributed by atoms with Crippen molar-refractivity contribution in [1.29, 1.82) is 0 Å². The number of rotatable bonds is 5. The summed E-state index contributed by atoms with van der Waals surface area (Å²) in [6, 6.07) is 8.43. The fourth-order valence-electron chi connectivity index (χ4n) is 2.08. The third-order valence-corrected chi connectivity index (χ3v) is 3.74. The van der Waals surface area contributed by atoms with E-state index in [1.54, 1.807) is 17.6 Å². The van der Waals surface area contributed by atoms with E-state index in [1.165, 1.54) is 4.88 Å². The van der Waals surface area contributed by atoms with Crippen LogP contribution in [0.2, 0.25) is 0 Å². The molecule has 0 fully saturated rings. The summed E-state index contributed by atoms with van der Waals surface area (Å²) in [6.45, 7) is 2.82. The summed E-state index contributed by atoms with van der Waals surface area (Å²) in [7, 11) is 2.08. The van der Waals surface area contributed by atoms with Crippen LogP contribution in [0.25, 0.3) is 0 Å². The van der Waals surface area contributed by atoms with Crippen LogP contribution in [-0.4, -0.2) is 18.0 Å². The van der Waals surface area contributed by atoms with Crippen molar-refractivity contribution in [2.24, 2.45) is 5.73 Å². The van der Waals surface area contributed by atoms with Gasteiger partial charge in [0.05, 0.1) is 18.8 Å². The maximum absolute atomic E-state index is 6.09. The van der Waals surface area contributed by atoms with E-state index in [0.717, 1.165) is 12.3 Å². The molecule has 2 rings (SSSR count). The van der Waals surface area contributed by atoms with Gasteiger partial charge in [-0.15, -0.1) is 11.3 Å². The third-order valence-electron chi connectivity index (χ3n) is 2.79. The molecular formula is C13H18N2OS. The Labute approximate surface area is 106 Å². The van der Waals surface area contributed by atoms with Gasteiger partial charge < -0.3 is 10.2 Å². The second kappa shape index (κ2) is 5.49. The molecule has 3 nitrogen and oxygen atoms in total. The lowest BCUT2D eigenvalue weighted by Gasteiger charge is -2.29. The lowest BCUT2D eigenvalue weighted by Crippen LogP contribution is -2.36. The van der Waals surface area contributed by atoms with Crippen LogP contribution in [0.5, 0.6) is 0 Å². The summed E-state index contributed by atoms with van der Waals surface area (Å²) < 4.78 is 5.37. The zero-order valence-electron chi connectivity index (χ0n) is 10.2. The Morgan fingerprint density at radius 3 is 2.76 bits per heavy atom. The zero-order valence-corrected chi connectivity index (χ0v) is 11.0. The fourth-order valence-corrected chi connectivity index (χ4v) is 3.09. The molecule has 0 aliphatic heterocycles. The number of hydrogen-bond acceptors (Lipinski definition) is 4. The second-order valence-corrected chi connectivity index (χ2v) is 5.29. The summed E-state index contributed by atoms with van der Waals surface area (Å²) in [6.07, 6.45) is 1.70. The van der Waals surface area contributed by atoms with E-state index in [4.69, 9.17) is 10.2 Å². The van der Waals surface area contributed by atoms with Crippen LogP contribution >= 0.6 is 11.3 Å². The van der Waals surface area contributed by atoms with Gasteiger partial charge in [0.2, 0.25) is 0 Å². The highest BCUT2D eigenvalue weighted by molar-refractivity contribution is 7.10. The predicted molar refractivity (Wildman–Crippen MR) is 70.9 cm³/mol. The molecule has 2 N–H and O–H groups in total. The fraction of sp³-hybridized carbons (Fsp3) is 0.385. The largest absolute Gasteiger partial charge is 0.468 e. The maximum Gasteiger partial charge on any atom is 0.117 e. The van der Waals surface area contributed by atoms with Gasteiger partial charge in [0.25, 0.3) is 0 Å². The van der Waals surface area contributed by atoms with Crippen molar-refractivity contribution in [1.82, 2.24) is 4.90 Å². The topological polar surface area (TPSA) is 42.4 Å². The molecule has 2 aromatic rings. The number of hydrogen-bond donors (Lipinski definition) is 1. The quantitative estimate of drug-likeness (QED) is 0.887. The minimum Gasteiger partial charge on any atom is -0.468 e. The smallest absolute Gasteiger partial charge is 0.117 e. The molecule has 0 saturated carbocycles. The summed E-state index contributed by atoms with van der Waals surface area (Å²) in [4.78, 5) is 3.53. The van der Waals surface area contributed by atoms with Crippen molar-refractivity contribution in [3.05, 3.63) is 46.5 Å². The van der Waals surface area contributed by atoms with Gasteiger partial charge in [0, 0.05) is 10.9 Å². The van der Waals surface area contributed by atoms with E-state index in [2.05, 4.69) is 29.5 Å². The predicted octanol–water partition coefficient (Wildman–Crippen LogP) is 2.86. The Morgan fingerprint density at radius 1 is 1.41 bits per heavy atom. The van der Waals surface area contributed by atoms with Crippen molar-refractivity contribution in [2.45, 2.75) is 25.6 Å². The molecule has 0 amide bonds. The van der Waals surface area contributed by atoms with Crippen LogP contribution in [0.1, 0.15) is 23.6 Å². The highest BCUT2D eigenvalue weighted by atomic mass is 32.1. The van der Waals surface area contributed by atoms with Gasteiger partial charge in [-0.3, -0.25) is 4.90 Å². The van der Waals surface area contributed by atoms with E-state index in [9.17, 15) is 0 Å². The van der Waals surface area contributed by atoms with Crippen LogP contribution in [0, 0.1) is 0 Å². The standard InChI is InChI=1S/C13H18N2OS/c1-10(14)13(12-6-4-8-17-12)15(2)9-11-5-3-7-16-11/h3-8,10,13H,9,14H2,1-2H3. The normalized spacial score (nSPS) is 15.1. The van der Waals surface area contributed by atoms with Crippen LogP contribution in [0.3, 0.4) is 0 Å². The van der Waals surface area contributed by atoms with Crippen molar-refractivity contribution in [3.8, 4) is 0 Å². The van der Waals surface area contributed by atoms with Gasteiger partial charge in [0.1, 0.15) is 5.76 Å². The van der Waals surface area contributed by atoms with Crippen LogP contribution in [-0.2, 0) is 6.54 Å². The Hall–Kier alpha value is -1.10. The van der Waals surface area contributed by atoms with E-state index >= 15 is 0 Å². The van der Waals surface area contributed by atoms with Gasteiger partial charge in [-0.1, -0.05) is 6.07 Å². The summed E-state index contributed by atoms with van der Waals surface area (Å²) in [5.74, 6) is 0.967. The number of furan rings is 1. The summed E-state index contributed by atoms with van der Waals surface area (Å²) in [5.41, 5.74) is 6.09. The van der Waals surface area contributed by atoms with E-state index in [0.29, 0.717) is 0 Å². The zero-order chi connectivity index (χ0) is 12.3. The monoisotopic (exact) mass is 250 g/mol. The van der Waals surface area contributed by atoms with Crippen LogP contribution in [0.15, 0.2) is 40.3 Å². The summed E-state index contributed by atoms with van der Waals surface area (Å²) >= 11 is 1.75. The van der Waals surface area contributed by atoms with Crippen molar-refractivity contribution >= 4 is 11.3 Å². The number of nitrogens with two attached hydrogens (primary N) is 1. The first-order chi connectivity index (χ1) is 8.18. The molecular weight excluding hydrogens is 232 g/mol. The van der Waals surface area contributed by atoms with Crippen LogP contribution in [0.4, 0.5) is 0 Å². The lowest BCUT2D eigenvalue weighted by molar-refractivity contribution is 0.199. The molecule has 0 aliphatic rings. The minimum atomic E-state index is 0.0913. The molecule has 4 heteroatoms. The van der Waals surface area contributed by atoms with Crippen LogP contribution < -0.4 is 5.73 Å². The lowest BCUT2D eigenvalue weighted by atomic mass is 10.1. The average molecular weight is 250 g/mol. The molecule has 0 saturated heterocycles. The SMILES string of the molecule is CC(N)C(c1cccs1)N(C)Cc1ccco1. The van der Waals surface area contributed by atoms with E-state index in [-0.39, 0.29) is 12.1 Å².